The number of aromatic carboxylic acids is 1. The summed E-state index contributed by atoms with van der Waals surface area (Å²) in [6.45, 7) is 1.07. The summed E-state index contributed by atoms with van der Waals surface area (Å²) >= 11 is 0. The van der Waals surface area contributed by atoms with Crippen molar-refractivity contribution in [3.8, 4) is 0 Å². The molecule has 0 bridgehead atoms. The summed E-state index contributed by atoms with van der Waals surface area (Å²) in [5.74, 6) is -0.806. The molecule has 2 amide bonds. The zero-order valence-electron chi connectivity index (χ0n) is 15.9. The second-order valence-electron chi connectivity index (χ2n) is 7.19. The number of benzene rings is 3. The van der Waals surface area contributed by atoms with Gasteiger partial charge < -0.3 is 15.3 Å². The monoisotopic (exact) mass is 386 g/mol. The van der Waals surface area contributed by atoms with Crippen LogP contribution in [0.1, 0.15) is 39.4 Å². The van der Waals surface area contributed by atoms with Crippen molar-refractivity contribution < 1.29 is 14.7 Å². The van der Waals surface area contributed by atoms with Crippen molar-refractivity contribution in [2.45, 2.75) is 18.9 Å². The van der Waals surface area contributed by atoms with E-state index in [4.69, 9.17) is 5.11 Å². The Labute approximate surface area is 169 Å². The molecular formula is C24H22N2O3. The van der Waals surface area contributed by atoms with Crippen molar-refractivity contribution in [3.05, 3.63) is 101 Å². The SMILES string of the molecule is O=C(O)c1ccc2c(c1)NC(=O)N(CCC(c1ccccc1)c1ccccc1)C2. The lowest BCUT2D eigenvalue weighted by atomic mass is 9.88. The van der Waals surface area contributed by atoms with E-state index < -0.39 is 5.97 Å². The highest BCUT2D eigenvalue weighted by Crippen LogP contribution is 2.30. The van der Waals surface area contributed by atoms with E-state index in [1.165, 1.54) is 17.2 Å². The van der Waals surface area contributed by atoms with E-state index >= 15 is 0 Å². The molecule has 0 saturated carbocycles. The van der Waals surface area contributed by atoms with Gasteiger partial charge in [0, 0.05) is 24.7 Å². The summed E-state index contributed by atoms with van der Waals surface area (Å²) in [7, 11) is 0. The zero-order valence-corrected chi connectivity index (χ0v) is 15.9. The first-order valence-electron chi connectivity index (χ1n) is 9.64. The summed E-state index contributed by atoms with van der Waals surface area (Å²) in [6.07, 6.45) is 0.796. The molecule has 0 fully saturated rings. The standard InChI is InChI=1S/C24H22N2O3/c27-23(28)19-11-12-20-16-26(24(29)25-22(20)15-19)14-13-21(17-7-3-1-4-8-17)18-9-5-2-6-10-18/h1-12,15,21H,13-14,16H2,(H,25,29)(H,27,28). The van der Waals surface area contributed by atoms with Crippen LogP contribution in [-0.4, -0.2) is 28.6 Å². The molecule has 4 rings (SSSR count). The van der Waals surface area contributed by atoms with Crippen molar-refractivity contribution in [2.24, 2.45) is 0 Å². The molecule has 0 unspecified atom stereocenters. The first-order valence-corrected chi connectivity index (χ1v) is 9.64. The molecule has 0 spiro atoms. The van der Waals surface area contributed by atoms with Crippen LogP contribution in [0.3, 0.4) is 0 Å². The fourth-order valence-electron chi connectivity index (χ4n) is 3.80. The molecule has 0 atom stereocenters. The number of rotatable bonds is 6. The number of nitrogens with one attached hydrogen (secondary N) is 1. The molecule has 0 aromatic heterocycles. The molecule has 3 aromatic rings. The highest BCUT2D eigenvalue weighted by Gasteiger charge is 2.25. The topological polar surface area (TPSA) is 69.6 Å². The van der Waals surface area contributed by atoms with Crippen LogP contribution in [0.2, 0.25) is 0 Å². The maximum Gasteiger partial charge on any atom is 0.335 e. The van der Waals surface area contributed by atoms with Crippen molar-refractivity contribution >= 4 is 17.7 Å². The van der Waals surface area contributed by atoms with Crippen molar-refractivity contribution in [1.29, 1.82) is 0 Å². The van der Waals surface area contributed by atoms with E-state index in [1.807, 2.05) is 36.4 Å². The number of amides is 2. The van der Waals surface area contributed by atoms with Gasteiger partial charge in [-0.2, -0.15) is 0 Å². The molecule has 1 aliphatic rings. The number of nitrogens with zero attached hydrogens (tertiary/aromatic N) is 1. The van der Waals surface area contributed by atoms with Gasteiger partial charge in [-0.05, 0) is 35.2 Å². The van der Waals surface area contributed by atoms with Crippen LogP contribution in [0.15, 0.2) is 78.9 Å². The molecule has 0 aliphatic carbocycles. The number of anilines is 1. The molecule has 0 saturated heterocycles. The third-order valence-corrected chi connectivity index (χ3v) is 5.34. The number of carbonyl (C=O) groups is 2. The number of urea groups is 1. The number of carboxylic acid groups (broad SMARTS) is 1. The lowest BCUT2D eigenvalue weighted by molar-refractivity contribution is 0.0696. The Balaban J connectivity index is 1.52. The van der Waals surface area contributed by atoms with E-state index in [9.17, 15) is 9.59 Å². The maximum absolute atomic E-state index is 12.6. The Kier molecular flexibility index (Phi) is 5.29. The van der Waals surface area contributed by atoms with Gasteiger partial charge in [-0.1, -0.05) is 66.7 Å². The van der Waals surface area contributed by atoms with Crippen molar-refractivity contribution in [3.63, 3.8) is 0 Å². The lowest BCUT2D eigenvalue weighted by Crippen LogP contribution is -2.39. The summed E-state index contributed by atoms with van der Waals surface area (Å²) in [5, 5.41) is 12.0. The van der Waals surface area contributed by atoms with E-state index in [-0.39, 0.29) is 17.5 Å². The van der Waals surface area contributed by atoms with E-state index in [1.54, 1.807) is 17.0 Å². The summed E-state index contributed by atoms with van der Waals surface area (Å²) in [5.41, 5.74) is 4.12. The third-order valence-electron chi connectivity index (χ3n) is 5.34. The van der Waals surface area contributed by atoms with Gasteiger partial charge in [-0.15, -0.1) is 0 Å². The fraction of sp³-hybridized carbons (Fsp3) is 0.167. The smallest absolute Gasteiger partial charge is 0.335 e. The van der Waals surface area contributed by atoms with Gasteiger partial charge in [0.2, 0.25) is 0 Å². The Morgan fingerprint density at radius 2 is 1.59 bits per heavy atom. The van der Waals surface area contributed by atoms with Gasteiger partial charge in [0.05, 0.1) is 5.56 Å². The van der Waals surface area contributed by atoms with Crippen molar-refractivity contribution in [1.82, 2.24) is 4.90 Å². The Hall–Kier alpha value is -3.60. The highest BCUT2D eigenvalue weighted by atomic mass is 16.4. The van der Waals surface area contributed by atoms with E-state index in [0.29, 0.717) is 18.8 Å². The maximum atomic E-state index is 12.6. The van der Waals surface area contributed by atoms with Crippen LogP contribution in [0, 0.1) is 0 Å². The molecule has 5 heteroatoms. The number of hydrogen-bond acceptors (Lipinski definition) is 2. The minimum absolute atomic E-state index is 0.172. The average Bonchev–Trinajstić information content (AvgIpc) is 2.75. The van der Waals surface area contributed by atoms with Gasteiger partial charge in [0.15, 0.2) is 0 Å². The summed E-state index contributed by atoms with van der Waals surface area (Å²) in [6, 6.07) is 25.3. The molecule has 1 heterocycles. The molecule has 29 heavy (non-hydrogen) atoms. The van der Waals surface area contributed by atoms with Gasteiger partial charge in [-0.25, -0.2) is 9.59 Å². The second kappa shape index (κ2) is 8.19. The second-order valence-corrected chi connectivity index (χ2v) is 7.19. The largest absolute Gasteiger partial charge is 0.478 e. The van der Waals surface area contributed by atoms with Crippen LogP contribution in [-0.2, 0) is 6.54 Å². The van der Waals surface area contributed by atoms with Crippen LogP contribution < -0.4 is 5.32 Å². The third kappa shape index (κ3) is 4.14. The van der Waals surface area contributed by atoms with Crippen LogP contribution in [0.25, 0.3) is 0 Å². The average molecular weight is 386 g/mol. The first-order chi connectivity index (χ1) is 14.1. The fourth-order valence-corrected chi connectivity index (χ4v) is 3.80. The van der Waals surface area contributed by atoms with E-state index in [2.05, 4.69) is 29.6 Å². The minimum Gasteiger partial charge on any atom is -0.478 e. The normalized spacial score (nSPS) is 13.1. The lowest BCUT2D eigenvalue weighted by Gasteiger charge is -2.31. The quantitative estimate of drug-likeness (QED) is 0.629. The Bertz CT molecular complexity index is 979. The number of carboxylic acids is 1. The van der Waals surface area contributed by atoms with Gasteiger partial charge >= 0.3 is 12.0 Å². The predicted octanol–water partition coefficient (Wildman–Crippen LogP) is 4.95. The first kappa shape index (κ1) is 18.7. The van der Waals surface area contributed by atoms with Crippen molar-refractivity contribution in [2.75, 3.05) is 11.9 Å². The number of hydrogen-bond donors (Lipinski definition) is 2. The van der Waals surface area contributed by atoms with Gasteiger partial charge in [0.1, 0.15) is 0 Å². The minimum atomic E-state index is -1.00. The van der Waals surface area contributed by atoms with Crippen LogP contribution >= 0.6 is 0 Å². The number of fused-ring (bicyclic) bond motifs is 1. The summed E-state index contributed by atoms with van der Waals surface area (Å²) in [4.78, 5) is 25.5. The molecule has 0 radical (unpaired) electrons. The molecule has 5 nitrogen and oxygen atoms in total. The Morgan fingerprint density at radius 1 is 0.966 bits per heavy atom. The summed E-state index contributed by atoms with van der Waals surface area (Å²) < 4.78 is 0. The molecule has 3 aromatic carbocycles. The highest BCUT2D eigenvalue weighted by molar-refractivity contribution is 5.95. The van der Waals surface area contributed by atoms with Crippen LogP contribution in [0.4, 0.5) is 10.5 Å². The Morgan fingerprint density at radius 3 is 2.17 bits per heavy atom. The molecular weight excluding hydrogens is 364 g/mol. The molecule has 1 aliphatic heterocycles. The molecule has 146 valence electrons. The molecule has 2 N–H and O–H groups in total. The van der Waals surface area contributed by atoms with Gasteiger partial charge in [-0.3, -0.25) is 0 Å². The van der Waals surface area contributed by atoms with Gasteiger partial charge in [0.25, 0.3) is 0 Å². The zero-order chi connectivity index (χ0) is 20.2. The van der Waals surface area contributed by atoms with E-state index in [0.717, 1.165) is 12.0 Å². The van der Waals surface area contributed by atoms with Crippen LogP contribution in [0.5, 0.6) is 0 Å². The predicted molar refractivity (Wildman–Crippen MR) is 112 cm³/mol. The number of carbonyl (C=O) groups excluding carboxylic acids is 1.